The molecule has 2 unspecified atom stereocenters. The Morgan fingerprint density at radius 3 is 2.89 bits per heavy atom. The van der Waals surface area contributed by atoms with E-state index in [-0.39, 0.29) is 28.6 Å². The summed E-state index contributed by atoms with van der Waals surface area (Å²) in [5.41, 5.74) is 2.12. The van der Waals surface area contributed by atoms with Crippen LogP contribution in [0.4, 0.5) is 5.82 Å². The maximum atomic E-state index is 12.3. The fourth-order valence-corrected chi connectivity index (χ4v) is 6.93. The van der Waals surface area contributed by atoms with Crippen LogP contribution in [0.15, 0.2) is 12.1 Å². The number of anilines is 1. The number of nitrogens with one attached hydrogen (secondary N) is 1. The lowest BCUT2D eigenvalue weighted by molar-refractivity contribution is -0.152. The lowest BCUT2D eigenvalue weighted by atomic mass is 9.52. The summed E-state index contributed by atoms with van der Waals surface area (Å²) in [5, 5.41) is 18.3. The van der Waals surface area contributed by atoms with Crippen molar-refractivity contribution in [3.05, 3.63) is 23.1 Å². The number of carboxylic acid groups (broad SMARTS) is 1. The average Bonchev–Trinajstić information content (AvgIpc) is 3.59. The third-order valence-electron chi connectivity index (χ3n) is 8.26. The van der Waals surface area contributed by atoms with E-state index in [1.54, 1.807) is 0 Å². The molecule has 2 N–H and O–H groups in total. The molecule has 5 saturated carbocycles. The van der Waals surface area contributed by atoms with Crippen LogP contribution in [0, 0.1) is 29.1 Å². The molecule has 0 radical (unpaired) electrons. The maximum Gasteiger partial charge on any atom is 0.308 e. The number of aliphatic carboxylic acids is 1. The number of hydrogen-bond donors (Lipinski definition) is 2. The van der Waals surface area contributed by atoms with Gasteiger partial charge < -0.3 is 10.4 Å². The zero-order valence-corrected chi connectivity index (χ0v) is 16.7. The molecule has 2 bridgehead atoms. The molecule has 7 heteroatoms. The standard InChI is InChI=1S/C21H25ClN4O2/c1-2-21-8-7-11(12-9-13(12)21)16(19(27)28)17(21)23-18-15-6-5-14(10-3-4-10)26(15)25-20(22)24-18/h5-6,10-13,16-17H,2-4,7-9H2,1H3,(H,27,28)(H,23,24,25)/t11-,12?,13?,16-,17-,21+/m0/s1. The van der Waals surface area contributed by atoms with Gasteiger partial charge in [0.15, 0.2) is 5.82 Å². The van der Waals surface area contributed by atoms with Crippen LogP contribution in [0.25, 0.3) is 5.52 Å². The van der Waals surface area contributed by atoms with E-state index in [9.17, 15) is 9.90 Å². The molecule has 5 fully saturated rings. The summed E-state index contributed by atoms with van der Waals surface area (Å²) in [6.07, 6.45) is 6.72. The predicted octanol–water partition coefficient (Wildman–Crippen LogP) is 4.20. The zero-order valence-electron chi connectivity index (χ0n) is 15.9. The van der Waals surface area contributed by atoms with E-state index in [2.05, 4.69) is 28.4 Å². The van der Waals surface area contributed by atoms with Crippen molar-refractivity contribution >= 4 is 28.9 Å². The van der Waals surface area contributed by atoms with Gasteiger partial charge in [0.05, 0.1) is 5.92 Å². The second kappa shape index (κ2) is 5.62. The van der Waals surface area contributed by atoms with E-state index < -0.39 is 5.97 Å². The number of halogens is 1. The van der Waals surface area contributed by atoms with E-state index >= 15 is 0 Å². The number of fused-ring (bicyclic) bond motifs is 3. The fraction of sp³-hybridized carbons (Fsp3) is 0.667. The van der Waals surface area contributed by atoms with Crippen molar-refractivity contribution in [1.29, 1.82) is 0 Å². The first kappa shape index (κ1) is 17.1. The summed E-state index contributed by atoms with van der Waals surface area (Å²) < 4.78 is 1.91. The Balaban J connectivity index is 1.45. The Morgan fingerprint density at radius 1 is 1.36 bits per heavy atom. The van der Waals surface area contributed by atoms with Gasteiger partial charge in [-0.15, -0.1) is 5.10 Å². The highest BCUT2D eigenvalue weighted by Gasteiger charge is 2.69. The average molecular weight is 401 g/mol. The highest BCUT2D eigenvalue weighted by molar-refractivity contribution is 6.28. The van der Waals surface area contributed by atoms with E-state index in [0.29, 0.717) is 23.6 Å². The molecular formula is C21H25ClN4O2. The van der Waals surface area contributed by atoms with Gasteiger partial charge in [0.25, 0.3) is 0 Å². The van der Waals surface area contributed by atoms with E-state index in [1.807, 2.05) is 10.6 Å². The lowest BCUT2D eigenvalue weighted by Gasteiger charge is -2.55. The SMILES string of the molecule is CC[C@@]12CC[C@@H](C3CC31)[C@H](C(=O)O)[C@@H]2Nc1nc(Cl)nn2c(C3CC3)ccc12. The fourth-order valence-electron chi connectivity index (χ4n) is 6.77. The quantitative estimate of drug-likeness (QED) is 0.786. The monoisotopic (exact) mass is 400 g/mol. The molecule has 0 amide bonds. The lowest BCUT2D eigenvalue weighted by Crippen LogP contribution is -2.59. The van der Waals surface area contributed by atoms with Crippen molar-refractivity contribution in [3.8, 4) is 0 Å². The van der Waals surface area contributed by atoms with Crippen LogP contribution in [0.3, 0.4) is 0 Å². The second-order valence-corrected chi connectivity index (χ2v) is 9.68. The Morgan fingerprint density at radius 2 is 2.18 bits per heavy atom. The summed E-state index contributed by atoms with van der Waals surface area (Å²) in [4.78, 5) is 16.8. The highest BCUT2D eigenvalue weighted by Crippen LogP contribution is 2.71. The molecule has 2 aromatic heterocycles. The molecule has 0 aromatic carbocycles. The number of carboxylic acids is 1. The predicted molar refractivity (Wildman–Crippen MR) is 106 cm³/mol. The Labute approximate surface area is 168 Å². The van der Waals surface area contributed by atoms with Crippen molar-refractivity contribution < 1.29 is 9.90 Å². The normalized spacial score (nSPS) is 38.4. The third-order valence-corrected chi connectivity index (χ3v) is 8.42. The van der Waals surface area contributed by atoms with Crippen molar-refractivity contribution in [2.75, 3.05) is 5.32 Å². The second-order valence-electron chi connectivity index (χ2n) is 9.34. The minimum Gasteiger partial charge on any atom is -0.481 e. The molecule has 148 valence electrons. The van der Waals surface area contributed by atoms with Gasteiger partial charge in [0.1, 0.15) is 5.52 Å². The molecule has 2 aromatic rings. The molecule has 2 heterocycles. The number of carbonyl (C=O) groups is 1. The molecular weight excluding hydrogens is 376 g/mol. The summed E-state index contributed by atoms with van der Waals surface area (Å²) >= 11 is 6.28. The van der Waals surface area contributed by atoms with Gasteiger partial charge in [-0.1, -0.05) is 6.92 Å². The zero-order chi connectivity index (χ0) is 19.2. The molecule has 0 saturated heterocycles. The molecule has 0 spiro atoms. The van der Waals surface area contributed by atoms with Crippen molar-refractivity contribution in [2.24, 2.45) is 29.1 Å². The van der Waals surface area contributed by atoms with Gasteiger partial charge in [-0.05, 0) is 85.4 Å². The van der Waals surface area contributed by atoms with Crippen LogP contribution in [0.5, 0.6) is 0 Å². The van der Waals surface area contributed by atoms with Crippen molar-refractivity contribution in [1.82, 2.24) is 14.6 Å². The first-order valence-corrected chi connectivity index (χ1v) is 11.0. The van der Waals surface area contributed by atoms with Crippen molar-refractivity contribution in [3.63, 3.8) is 0 Å². The Hall–Kier alpha value is -1.82. The van der Waals surface area contributed by atoms with Gasteiger partial charge in [0.2, 0.25) is 5.28 Å². The molecule has 5 aliphatic carbocycles. The highest BCUT2D eigenvalue weighted by atomic mass is 35.5. The van der Waals surface area contributed by atoms with Crippen LogP contribution < -0.4 is 5.32 Å². The van der Waals surface area contributed by atoms with Crippen LogP contribution in [-0.4, -0.2) is 31.7 Å². The number of nitrogens with zero attached hydrogens (tertiary/aromatic N) is 3. The molecule has 6 atom stereocenters. The Kier molecular flexibility index (Phi) is 3.43. The van der Waals surface area contributed by atoms with Crippen LogP contribution in [0.1, 0.15) is 57.1 Å². The molecule has 28 heavy (non-hydrogen) atoms. The van der Waals surface area contributed by atoms with Gasteiger partial charge in [-0.3, -0.25) is 4.79 Å². The molecule has 6 nitrogen and oxygen atoms in total. The minimum atomic E-state index is -0.671. The number of rotatable bonds is 5. The first-order valence-electron chi connectivity index (χ1n) is 10.6. The van der Waals surface area contributed by atoms with E-state index in [1.165, 1.54) is 25.0 Å². The minimum absolute atomic E-state index is 0.0444. The summed E-state index contributed by atoms with van der Waals surface area (Å²) in [7, 11) is 0. The molecule has 7 rings (SSSR count). The topological polar surface area (TPSA) is 79.5 Å². The van der Waals surface area contributed by atoms with E-state index in [0.717, 1.165) is 24.8 Å². The van der Waals surface area contributed by atoms with Crippen LogP contribution in [-0.2, 0) is 4.79 Å². The van der Waals surface area contributed by atoms with Crippen molar-refractivity contribution in [2.45, 2.75) is 57.4 Å². The number of aromatic nitrogens is 3. The van der Waals surface area contributed by atoms with Gasteiger partial charge in [-0.25, -0.2) is 4.52 Å². The van der Waals surface area contributed by atoms with Gasteiger partial charge >= 0.3 is 5.97 Å². The summed E-state index contributed by atoms with van der Waals surface area (Å²) in [6, 6.07) is 4.05. The van der Waals surface area contributed by atoms with Crippen LogP contribution in [0.2, 0.25) is 5.28 Å². The number of hydrogen-bond acceptors (Lipinski definition) is 4. The Bertz CT molecular complexity index is 986. The first-order chi connectivity index (χ1) is 13.5. The maximum absolute atomic E-state index is 12.3. The third kappa shape index (κ3) is 2.18. The largest absolute Gasteiger partial charge is 0.481 e. The molecule has 0 aliphatic heterocycles. The van der Waals surface area contributed by atoms with Gasteiger partial charge in [-0.2, -0.15) is 4.98 Å². The smallest absolute Gasteiger partial charge is 0.308 e. The van der Waals surface area contributed by atoms with E-state index in [4.69, 9.17) is 11.6 Å². The summed E-state index contributed by atoms with van der Waals surface area (Å²) in [5.74, 6) is 1.76. The van der Waals surface area contributed by atoms with Gasteiger partial charge in [0, 0.05) is 17.7 Å². The summed E-state index contributed by atoms with van der Waals surface area (Å²) in [6.45, 7) is 2.22. The van der Waals surface area contributed by atoms with Crippen LogP contribution >= 0.6 is 11.6 Å². The molecule has 5 aliphatic rings.